The molecule has 1 N–H and O–H groups in total. The first-order valence-electron chi connectivity index (χ1n) is 10.2. The molecule has 30 heavy (non-hydrogen) atoms. The molecule has 0 spiro atoms. The van der Waals surface area contributed by atoms with Gasteiger partial charge in [-0.15, -0.1) is 0 Å². The van der Waals surface area contributed by atoms with E-state index in [1.807, 2.05) is 47.4 Å². The molecule has 0 bridgehead atoms. The van der Waals surface area contributed by atoms with E-state index in [1.54, 1.807) is 6.07 Å². The van der Waals surface area contributed by atoms with Gasteiger partial charge in [0.05, 0.1) is 16.9 Å². The first-order valence-corrected chi connectivity index (χ1v) is 10.2. The van der Waals surface area contributed by atoms with E-state index in [-0.39, 0.29) is 17.5 Å². The molecule has 2 aromatic heterocycles. The number of nitrogens with one attached hydrogen (secondary N) is 1. The fraction of sp³-hybridized carbons (Fsp3) is 0.208. The fourth-order valence-corrected chi connectivity index (χ4v) is 4.26. The summed E-state index contributed by atoms with van der Waals surface area (Å²) in [5.74, 6) is 0.607. The molecule has 2 aromatic carbocycles. The average Bonchev–Trinajstić information content (AvgIpc) is 3.26. The lowest BCUT2D eigenvalue weighted by molar-refractivity contribution is -0.133. The number of aromatic amines is 1. The summed E-state index contributed by atoms with van der Waals surface area (Å²) in [6, 6.07) is 21.4. The zero-order chi connectivity index (χ0) is 20.5. The lowest BCUT2D eigenvalue weighted by Gasteiger charge is -2.37. The van der Waals surface area contributed by atoms with Crippen LogP contribution < -0.4 is 5.56 Å². The van der Waals surface area contributed by atoms with Crippen molar-refractivity contribution in [3.05, 3.63) is 100 Å². The molecule has 0 fully saturated rings. The number of benzene rings is 2. The number of rotatable bonds is 4. The molecule has 150 valence electrons. The van der Waals surface area contributed by atoms with E-state index >= 15 is 0 Å². The minimum Gasteiger partial charge on any atom is -0.348 e. The summed E-state index contributed by atoms with van der Waals surface area (Å²) in [6.07, 6.45) is 2.76. The largest absolute Gasteiger partial charge is 0.348 e. The molecule has 1 atom stereocenters. The normalized spacial score (nSPS) is 15.9. The highest BCUT2D eigenvalue weighted by Gasteiger charge is 2.31. The smallest absolute Gasteiger partial charge is 0.258 e. The monoisotopic (exact) mass is 398 g/mol. The predicted octanol–water partition coefficient (Wildman–Crippen LogP) is 3.29. The lowest BCUT2D eigenvalue weighted by Crippen LogP contribution is -2.42. The van der Waals surface area contributed by atoms with Gasteiger partial charge in [0.25, 0.3) is 5.56 Å². The second-order valence-corrected chi connectivity index (χ2v) is 7.56. The summed E-state index contributed by atoms with van der Waals surface area (Å²) in [7, 11) is 0. The maximum Gasteiger partial charge on any atom is 0.258 e. The third kappa shape index (κ3) is 3.30. The summed E-state index contributed by atoms with van der Waals surface area (Å²) in [6.45, 7) is 1.43. The van der Waals surface area contributed by atoms with Gasteiger partial charge in [-0.05, 0) is 29.8 Å². The summed E-state index contributed by atoms with van der Waals surface area (Å²) in [5, 5.41) is 0.563. The highest BCUT2D eigenvalue weighted by atomic mass is 16.2. The van der Waals surface area contributed by atoms with Gasteiger partial charge in [-0.1, -0.05) is 42.5 Å². The van der Waals surface area contributed by atoms with Crippen LogP contribution in [0, 0.1) is 0 Å². The van der Waals surface area contributed by atoms with Gasteiger partial charge in [-0.2, -0.15) is 0 Å². The van der Waals surface area contributed by atoms with E-state index in [1.165, 1.54) is 0 Å². The molecule has 4 aromatic rings. The van der Waals surface area contributed by atoms with Crippen molar-refractivity contribution in [2.24, 2.45) is 0 Å². The van der Waals surface area contributed by atoms with Crippen molar-refractivity contribution in [3.63, 3.8) is 0 Å². The zero-order valence-corrected chi connectivity index (χ0v) is 16.5. The number of aromatic nitrogens is 3. The Morgan fingerprint density at radius 2 is 1.80 bits per heavy atom. The molecule has 6 nitrogen and oxygen atoms in total. The summed E-state index contributed by atoms with van der Waals surface area (Å²) in [4.78, 5) is 34.8. The molecule has 0 saturated carbocycles. The Morgan fingerprint density at radius 3 is 2.67 bits per heavy atom. The number of hydrogen-bond donors (Lipinski definition) is 1. The molecule has 0 saturated heterocycles. The maximum absolute atomic E-state index is 13.2. The molecule has 3 heterocycles. The number of hydrogen-bond acceptors (Lipinski definition) is 3. The number of fused-ring (bicyclic) bond motifs is 2. The van der Waals surface area contributed by atoms with Crippen molar-refractivity contribution in [3.8, 4) is 0 Å². The van der Waals surface area contributed by atoms with Crippen LogP contribution in [0.15, 0.2) is 77.7 Å². The van der Waals surface area contributed by atoms with Crippen LogP contribution in [0.4, 0.5) is 0 Å². The van der Waals surface area contributed by atoms with Crippen LogP contribution in [0.1, 0.15) is 29.5 Å². The van der Waals surface area contributed by atoms with Gasteiger partial charge in [0.2, 0.25) is 5.91 Å². The number of aryl methyl sites for hydroxylation is 1. The van der Waals surface area contributed by atoms with E-state index in [0.717, 1.165) is 17.8 Å². The topological polar surface area (TPSA) is 71.0 Å². The van der Waals surface area contributed by atoms with Gasteiger partial charge >= 0.3 is 0 Å². The van der Waals surface area contributed by atoms with Gasteiger partial charge in [0.1, 0.15) is 5.82 Å². The second-order valence-electron chi connectivity index (χ2n) is 7.56. The van der Waals surface area contributed by atoms with Crippen molar-refractivity contribution in [2.45, 2.75) is 25.4 Å². The molecule has 1 unspecified atom stereocenters. The highest BCUT2D eigenvalue weighted by molar-refractivity contribution is 5.78. The van der Waals surface area contributed by atoms with Gasteiger partial charge in [0.15, 0.2) is 0 Å². The SMILES string of the molecule is O=C(CCc1nc2ccccc2c(=O)[nH]1)N1CCn2cccc2C1c1ccccc1. The molecule has 1 aliphatic heterocycles. The van der Waals surface area contributed by atoms with E-state index in [9.17, 15) is 9.59 Å². The van der Waals surface area contributed by atoms with Crippen LogP contribution >= 0.6 is 0 Å². The maximum atomic E-state index is 13.2. The van der Waals surface area contributed by atoms with Gasteiger partial charge in [-0.25, -0.2) is 4.98 Å². The third-order valence-electron chi connectivity index (χ3n) is 5.71. The van der Waals surface area contributed by atoms with E-state index in [4.69, 9.17) is 0 Å². The van der Waals surface area contributed by atoms with Crippen LogP contribution in [0.25, 0.3) is 10.9 Å². The zero-order valence-electron chi connectivity index (χ0n) is 16.5. The Balaban J connectivity index is 1.40. The van der Waals surface area contributed by atoms with Crippen molar-refractivity contribution in [1.82, 2.24) is 19.4 Å². The van der Waals surface area contributed by atoms with Gasteiger partial charge in [-0.3, -0.25) is 9.59 Å². The number of amides is 1. The Bertz CT molecular complexity index is 1260. The molecule has 1 aliphatic rings. The number of nitrogens with zero attached hydrogens (tertiary/aromatic N) is 3. The Morgan fingerprint density at radius 1 is 1.00 bits per heavy atom. The van der Waals surface area contributed by atoms with Crippen LogP contribution in [0.2, 0.25) is 0 Å². The van der Waals surface area contributed by atoms with Crippen LogP contribution in [-0.4, -0.2) is 31.9 Å². The minimum absolute atomic E-state index is 0.0621. The average molecular weight is 398 g/mol. The number of H-pyrrole nitrogens is 1. The van der Waals surface area contributed by atoms with Crippen molar-refractivity contribution >= 4 is 16.8 Å². The number of carbonyl (C=O) groups excluding carboxylic acids is 1. The molecule has 0 radical (unpaired) electrons. The molecule has 6 heteroatoms. The van der Waals surface area contributed by atoms with Crippen molar-refractivity contribution in [1.29, 1.82) is 0 Å². The fourth-order valence-electron chi connectivity index (χ4n) is 4.26. The first kappa shape index (κ1) is 18.4. The molecular weight excluding hydrogens is 376 g/mol. The first-order chi connectivity index (χ1) is 14.7. The van der Waals surface area contributed by atoms with Crippen LogP contribution in [0.3, 0.4) is 0 Å². The van der Waals surface area contributed by atoms with Crippen molar-refractivity contribution < 1.29 is 4.79 Å². The molecule has 0 aliphatic carbocycles. The van der Waals surface area contributed by atoms with Crippen LogP contribution in [0.5, 0.6) is 0 Å². The lowest BCUT2D eigenvalue weighted by atomic mass is 9.99. The van der Waals surface area contributed by atoms with E-state index < -0.39 is 0 Å². The van der Waals surface area contributed by atoms with Gasteiger partial charge in [0, 0.05) is 37.8 Å². The van der Waals surface area contributed by atoms with Crippen LogP contribution in [-0.2, 0) is 17.8 Å². The Hall–Kier alpha value is -3.67. The van der Waals surface area contributed by atoms with Crippen molar-refractivity contribution in [2.75, 3.05) is 6.54 Å². The predicted molar refractivity (Wildman–Crippen MR) is 115 cm³/mol. The van der Waals surface area contributed by atoms with Gasteiger partial charge < -0.3 is 14.5 Å². The van der Waals surface area contributed by atoms with E-state index in [0.29, 0.717) is 36.1 Å². The quantitative estimate of drug-likeness (QED) is 0.573. The Kier molecular flexibility index (Phi) is 4.67. The third-order valence-corrected chi connectivity index (χ3v) is 5.71. The molecular formula is C24H22N4O2. The number of carbonyl (C=O) groups is 1. The molecule has 1 amide bonds. The number of para-hydroxylation sites is 1. The summed E-state index contributed by atoms with van der Waals surface area (Å²) >= 11 is 0. The summed E-state index contributed by atoms with van der Waals surface area (Å²) < 4.78 is 2.21. The molecule has 5 rings (SSSR count). The second kappa shape index (κ2) is 7.63. The minimum atomic E-state index is -0.166. The standard InChI is InChI=1S/C24H22N4O2/c29-22(13-12-21-25-19-10-5-4-9-18(19)24(30)26-21)28-16-15-27-14-6-11-20(27)23(28)17-7-2-1-3-8-17/h1-11,14,23H,12-13,15-16H2,(H,25,26,30). The Labute approximate surface area is 173 Å². The highest BCUT2D eigenvalue weighted by Crippen LogP contribution is 2.32. The van der Waals surface area contributed by atoms with E-state index in [2.05, 4.69) is 38.9 Å². The summed E-state index contributed by atoms with van der Waals surface area (Å²) in [5.41, 5.74) is 2.71.